The highest BCUT2D eigenvalue weighted by Crippen LogP contribution is 2.20. The molecule has 2 fully saturated rings. The number of hydrogen-bond acceptors (Lipinski definition) is 5. The molecular formula is C21H39N7O. The van der Waals surface area contributed by atoms with E-state index in [0.29, 0.717) is 6.10 Å². The second-order valence-electron chi connectivity index (χ2n) is 8.76. The van der Waals surface area contributed by atoms with Crippen LogP contribution in [0.2, 0.25) is 0 Å². The third-order valence-corrected chi connectivity index (χ3v) is 6.01. The molecule has 0 aromatic carbocycles. The van der Waals surface area contributed by atoms with Gasteiger partial charge in [-0.3, -0.25) is 9.89 Å². The summed E-state index contributed by atoms with van der Waals surface area (Å²) >= 11 is 0. The molecule has 1 unspecified atom stereocenters. The van der Waals surface area contributed by atoms with E-state index < -0.39 is 0 Å². The van der Waals surface area contributed by atoms with Gasteiger partial charge in [-0.15, -0.1) is 10.2 Å². The summed E-state index contributed by atoms with van der Waals surface area (Å²) in [6.07, 6.45) is 9.22. The molecule has 2 saturated heterocycles. The highest BCUT2D eigenvalue weighted by Gasteiger charge is 2.27. The van der Waals surface area contributed by atoms with E-state index in [0.717, 1.165) is 63.8 Å². The number of aliphatic imine (C=N–C) groups is 1. The Morgan fingerprint density at radius 3 is 2.79 bits per heavy atom. The number of hydrogen-bond donors (Lipinski definition) is 2. The first kappa shape index (κ1) is 22.0. The fourth-order valence-corrected chi connectivity index (χ4v) is 4.10. The Bertz CT molecular complexity index is 631. The molecule has 0 saturated carbocycles. The third-order valence-electron chi connectivity index (χ3n) is 6.01. The van der Waals surface area contributed by atoms with Crippen LogP contribution in [0.4, 0.5) is 0 Å². The van der Waals surface area contributed by atoms with Gasteiger partial charge in [-0.05, 0) is 52.6 Å². The van der Waals surface area contributed by atoms with Gasteiger partial charge in [0.1, 0.15) is 12.2 Å². The zero-order valence-electron chi connectivity index (χ0n) is 18.5. The molecule has 1 aromatic heterocycles. The van der Waals surface area contributed by atoms with E-state index in [-0.39, 0.29) is 5.54 Å². The summed E-state index contributed by atoms with van der Waals surface area (Å²) in [6, 6.07) is 0. The lowest BCUT2D eigenvalue weighted by atomic mass is 9.99. The van der Waals surface area contributed by atoms with Crippen LogP contribution in [0.15, 0.2) is 11.3 Å². The van der Waals surface area contributed by atoms with Crippen molar-refractivity contribution in [1.82, 2.24) is 30.3 Å². The maximum absolute atomic E-state index is 5.76. The number of likely N-dealkylation sites (tertiary alicyclic amines) is 1. The molecule has 0 spiro atoms. The summed E-state index contributed by atoms with van der Waals surface area (Å²) < 4.78 is 7.86. The van der Waals surface area contributed by atoms with Crippen LogP contribution in [0.25, 0.3) is 0 Å². The number of ether oxygens (including phenoxy) is 1. The van der Waals surface area contributed by atoms with E-state index in [9.17, 15) is 0 Å². The standard InChI is InChI=1S/C21H39N7O/c1-4-19-26-25-17-27(19)13-10-22-20(23-15-18-9-8-14-29-18)24-16-21(2,3)28-11-6-5-7-12-28/h17-18H,4-16H2,1-3H3,(H2,22,23,24). The van der Waals surface area contributed by atoms with Gasteiger partial charge in [0.15, 0.2) is 5.96 Å². The minimum atomic E-state index is 0.0720. The number of nitrogens with zero attached hydrogens (tertiary/aromatic N) is 5. The molecule has 2 N–H and O–H groups in total. The van der Waals surface area contributed by atoms with Gasteiger partial charge in [-0.2, -0.15) is 0 Å². The zero-order valence-corrected chi connectivity index (χ0v) is 18.5. The molecule has 0 aliphatic carbocycles. The number of nitrogens with one attached hydrogen (secondary N) is 2. The average Bonchev–Trinajstić information content (AvgIpc) is 3.42. The number of rotatable bonds is 9. The maximum atomic E-state index is 5.76. The van der Waals surface area contributed by atoms with Crippen LogP contribution < -0.4 is 10.6 Å². The quantitative estimate of drug-likeness (QED) is 0.482. The molecule has 0 bridgehead atoms. The topological polar surface area (TPSA) is 79.6 Å². The van der Waals surface area contributed by atoms with E-state index in [4.69, 9.17) is 9.73 Å². The average molecular weight is 406 g/mol. The van der Waals surface area contributed by atoms with Gasteiger partial charge >= 0.3 is 0 Å². The van der Waals surface area contributed by atoms with Crippen LogP contribution in [-0.4, -0.2) is 76.6 Å². The van der Waals surface area contributed by atoms with Crippen LogP contribution in [0.3, 0.4) is 0 Å². The van der Waals surface area contributed by atoms with Gasteiger partial charge in [0.25, 0.3) is 0 Å². The molecule has 29 heavy (non-hydrogen) atoms. The Hall–Kier alpha value is -1.67. The molecule has 3 heterocycles. The Kier molecular flexibility index (Phi) is 8.29. The van der Waals surface area contributed by atoms with E-state index in [2.05, 4.69) is 51.1 Å². The largest absolute Gasteiger partial charge is 0.376 e. The molecule has 3 rings (SSSR count). The first-order chi connectivity index (χ1) is 14.1. The molecule has 0 amide bonds. The molecule has 2 aliphatic heterocycles. The Labute approximate surface area is 175 Å². The van der Waals surface area contributed by atoms with Crippen LogP contribution in [0.5, 0.6) is 0 Å². The molecule has 1 aromatic rings. The highest BCUT2D eigenvalue weighted by molar-refractivity contribution is 5.79. The van der Waals surface area contributed by atoms with Crippen molar-refractivity contribution in [3.8, 4) is 0 Å². The highest BCUT2D eigenvalue weighted by atomic mass is 16.5. The van der Waals surface area contributed by atoms with Gasteiger partial charge < -0.3 is 19.9 Å². The van der Waals surface area contributed by atoms with Crippen molar-refractivity contribution in [2.75, 3.05) is 39.3 Å². The molecule has 8 nitrogen and oxygen atoms in total. The predicted octanol–water partition coefficient (Wildman–Crippen LogP) is 1.82. The van der Waals surface area contributed by atoms with Gasteiger partial charge in [0.05, 0.1) is 12.6 Å². The summed E-state index contributed by atoms with van der Waals surface area (Å²) in [4.78, 5) is 7.54. The fourth-order valence-electron chi connectivity index (χ4n) is 4.10. The van der Waals surface area contributed by atoms with Crippen molar-refractivity contribution in [3.63, 3.8) is 0 Å². The Morgan fingerprint density at radius 1 is 1.24 bits per heavy atom. The normalized spacial score (nSPS) is 21.5. The SMILES string of the molecule is CCc1nncn1CCNC(=NCC(C)(C)N1CCCCC1)NCC1CCCO1. The molecule has 2 aliphatic rings. The van der Waals surface area contributed by atoms with Crippen molar-refractivity contribution >= 4 is 5.96 Å². The van der Waals surface area contributed by atoms with E-state index in [1.54, 1.807) is 6.33 Å². The van der Waals surface area contributed by atoms with E-state index in [1.165, 1.54) is 32.4 Å². The lowest BCUT2D eigenvalue weighted by Gasteiger charge is -2.40. The summed E-state index contributed by atoms with van der Waals surface area (Å²) in [5, 5.41) is 15.2. The van der Waals surface area contributed by atoms with Crippen molar-refractivity contribution in [3.05, 3.63) is 12.2 Å². The van der Waals surface area contributed by atoms with Crippen LogP contribution in [0.1, 0.15) is 58.7 Å². The summed E-state index contributed by atoms with van der Waals surface area (Å²) in [5.74, 6) is 1.89. The first-order valence-corrected chi connectivity index (χ1v) is 11.3. The summed E-state index contributed by atoms with van der Waals surface area (Å²) in [5.41, 5.74) is 0.0720. The maximum Gasteiger partial charge on any atom is 0.191 e. The zero-order chi connectivity index (χ0) is 20.5. The lowest BCUT2D eigenvalue weighted by Crippen LogP contribution is -2.50. The predicted molar refractivity (Wildman–Crippen MR) is 116 cm³/mol. The number of guanidine groups is 1. The smallest absolute Gasteiger partial charge is 0.191 e. The second kappa shape index (κ2) is 10.9. The minimum Gasteiger partial charge on any atom is -0.376 e. The molecular weight excluding hydrogens is 366 g/mol. The first-order valence-electron chi connectivity index (χ1n) is 11.3. The van der Waals surface area contributed by atoms with Crippen LogP contribution in [0, 0.1) is 0 Å². The van der Waals surface area contributed by atoms with Crippen molar-refractivity contribution in [1.29, 1.82) is 0 Å². The molecule has 8 heteroatoms. The summed E-state index contributed by atoms with van der Waals surface area (Å²) in [6.45, 7) is 13.2. The van der Waals surface area contributed by atoms with Crippen LogP contribution in [-0.2, 0) is 17.7 Å². The van der Waals surface area contributed by atoms with E-state index >= 15 is 0 Å². The molecule has 1 atom stereocenters. The van der Waals surface area contributed by atoms with Crippen molar-refractivity contribution in [2.24, 2.45) is 4.99 Å². The molecule has 0 radical (unpaired) electrons. The van der Waals surface area contributed by atoms with Gasteiger partial charge in [0.2, 0.25) is 0 Å². The van der Waals surface area contributed by atoms with Gasteiger partial charge in [0, 0.05) is 38.2 Å². The fraction of sp³-hybridized carbons (Fsp3) is 0.857. The minimum absolute atomic E-state index is 0.0720. The lowest BCUT2D eigenvalue weighted by molar-refractivity contribution is 0.102. The Morgan fingerprint density at radius 2 is 2.07 bits per heavy atom. The van der Waals surface area contributed by atoms with Gasteiger partial charge in [-0.1, -0.05) is 13.3 Å². The van der Waals surface area contributed by atoms with Crippen LogP contribution >= 0.6 is 0 Å². The van der Waals surface area contributed by atoms with Crippen molar-refractivity contribution < 1.29 is 4.74 Å². The number of aryl methyl sites for hydroxylation is 1. The summed E-state index contributed by atoms with van der Waals surface area (Å²) in [7, 11) is 0. The monoisotopic (exact) mass is 405 g/mol. The number of aromatic nitrogens is 3. The van der Waals surface area contributed by atoms with E-state index in [1.807, 2.05) is 0 Å². The second-order valence-corrected chi connectivity index (χ2v) is 8.76. The Balaban J connectivity index is 1.55. The number of piperidine rings is 1. The third kappa shape index (κ3) is 6.67. The van der Waals surface area contributed by atoms with Gasteiger partial charge in [-0.25, -0.2) is 0 Å². The molecule has 164 valence electrons. The van der Waals surface area contributed by atoms with Crippen molar-refractivity contribution in [2.45, 2.75) is 77.5 Å².